The van der Waals surface area contributed by atoms with Crippen LogP contribution in [-0.4, -0.2) is 6.04 Å². The lowest BCUT2D eigenvalue weighted by Gasteiger charge is -2.15. The molecule has 0 radical (unpaired) electrons. The number of halogens is 2. The van der Waals surface area contributed by atoms with Crippen LogP contribution in [0.5, 0.6) is 5.75 Å². The molecule has 0 saturated carbocycles. The molecule has 3 rings (SSSR count). The van der Waals surface area contributed by atoms with Crippen LogP contribution in [-0.2, 0) is 19.6 Å². The Morgan fingerprint density at radius 1 is 0.893 bits per heavy atom. The van der Waals surface area contributed by atoms with Crippen molar-refractivity contribution < 1.29 is 4.74 Å². The Morgan fingerprint density at radius 3 is 2.39 bits per heavy atom. The Labute approximate surface area is 179 Å². The standard InChI is InChI=1S/C24H26ClNO.ClH/c1-19(14-15-20-8-3-2-4-9-20)26-17-21-10-7-12-23(16-21)27-18-22-11-5-6-13-24(22)25;/h2-13,16,19,26H,14-15,17-18H2,1H3;1H. The second kappa shape index (κ2) is 11.8. The van der Waals surface area contributed by atoms with E-state index in [9.17, 15) is 0 Å². The topological polar surface area (TPSA) is 21.3 Å². The fourth-order valence-corrected chi connectivity index (χ4v) is 3.13. The average Bonchev–Trinajstić information content (AvgIpc) is 2.71. The van der Waals surface area contributed by atoms with Crippen LogP contribution in [0.1, 0.15) is 30.0 Å². The van der Waals surface area contributed by atoms with Gasteiger partial charge in [-0.1, -0.05) is 72.3 Å². The second-order valence-corrected chi connectivity index (χ2v) is 7.24. The van der Waals surface area contributed by atoms with Crippen LogP contribution >= 0.6 is 24.0 Å². The molecular formula is C24H27Cl2NO. The van der Waals surface area contributed by atoms with E-state index in [2.05, 4.69) is 54.7 Å². The fraction of sp³-hybridized carbons (Fsp3) is 0.250. The number of rotatable bonds is 9. The Kier molecular flexibility index (Phi) is 9.36. The fourth-order valence-electron chi connectivity index (χ4n) is 2.94. The highest BCUT2D eigenvalue weighted by atomic mass is 35.5. The molecule has 4 heteroatoms. The quantitative estimate of drug-likeness (QED) is 0.433. The van der Waals surface area contributed by atoms with Gasteiger partial charge in [-0.2, -0.15) is 0 Å². The van der Waals surface area contributed by atoms with Crippen LogP contribution < -0.4 is 10.1 Å². The van der Waals surface area contributed by atoms with Gasteiger partial charge in [0.05, 0.1) is 0 Å². The second-order valence-electron chi connectivity index (χ2n) is 6.83. The largest absolute Gasteiger partial charge is 0.489 e. The number of ether oxygens (including phenoxy) is 1. The summed E-state index contributed by atoms with van der Waals surface area (Å²) in [6, 6.07) is 27.1. The van der Waals surface area contributed by atoms with E-state index in [-0.39, 0.29) is 12.4 Å². The molecule has 28 heavy (non-hydrogen) atoms. The smallest absolute Gasteiger partial charge is 0.120 e. The molecule has 3 aromatic rings. The third-order valence-corrected chi connectivity index (χ3v) is 4.98. The number of aryl methyl sites for hydroxylation is 1. The van der Waals surface area contributed by atoms with Crippen molar-refractivity contribution in [2.45, 2.75) is 39.0 Å². The van der Waals surface area contributed by atoms with Crippen molar-refractivity contribution in [2.75, 3.05) is 0 Å². The van der Waals surface area contributed by atoms with Gasteiger partial charge in [0, 0.05) is 23.2 Å². The van der Waals surface area contributed by atoms with E-state index in [1.165, 1.54) is 11.1 Å². The van der Waals surface area contributed by atoms with E-state index in [1.807, 2.05) is 36.4 Å². The Morgan fingerprint density at radius 2 is 1.61 bits per heavy atom. The summed E-state index contributed by atoms with van der Waals surface area (Å²) in [5.41, 5.74) is 3.61. The molecule has 0 amide bonds. The van der Waals surface area contributed by atoms with Crippen LogP contribution in [0.2, 0.25) is 5.02 Å². The number of hydrogen-bond donors (Lipinski definition) is 1. The first-order valence-corrected chi connectivity index (χ1v) is 9.81. The van der Waals surface area contributed by atoms with Crippen molar-refractivity contribution >= 4 is 24.0 Å². The van der Waals surface area contributed by atoms with Crippen molar-refractivity contribution in [3.63, 3.8) is 0 Å². The highest BCUT2D eigenvalue weighted by Gasteiger charge is 2.04. The van der Waals surface area contributed by atoms with Crippen molar-refractivity contribution in [3.05, 3.63) is 101 Å². The minimum absolute atomic E-state index is 0. The van der Waals surface area contributed by atoms with Crippen LogP contribution in [0.3, 0.4) is 0 Å². The molecule has 0 heterocycles. The van der Waals surface area contributed by atoms with Crippen LogP contribution in [0, 0.1) is 0 Å². The van der Waals surface area contributed by atoms with Gasteiger partial charge < -0.3 is 10.1 Å². The van der Waals surface area contributed by atoms with Crippen molar-refractivity contribution in [1.82, 2.24) is 5.32 Å². The lowest BCUT2D eigenvalue weighted by atomic mass is 10.1. The summed E-state index contributed by atoms with van der Waals surface area (Å²) in [6.45, 7) is 3.55. The zero-order chi connectivity index (χ0) is 18.9. The predicted molar refractivity (Wildman–Crippen MR) is 121 cm³/mol. The molecule has 148 valence electrons. The summed E-state index contributed by atoms with van der Waals surface area (Å²) >= 11 is 6.19. The van der Waals surface area contributed by atoms with Crippen molar-refractivity contribution in [3.8, 4) is 5.75 Å². The zero-order valence-electron chi connectivity index (χ0n) is 16.1. The monoisotopic (exact) mass is 415 g/mol. The van der Waals surface area contributed by atoms with Gasteiger partial charge in [0.2, 0.25) is 0 Å². The Balaban J connectivity index is 0.00000280. The van der Waals surface area contributed by atoms with Gasteiger partial charge in [-0.15, -0.1) is 12.4 Å². The molecule has 0 saturated heterocycles. The van der Waals surface area contributed by atoms with E-state index in [1.54, 1.807) is 0 Å². The summed E-state index contributed by atoms with van der Waals surface area (Å²) in [7, 11) is 0. The molecule has 0 aromatic heterocycles. The normalized spacial score (nSPS) is 11.5. The number of nitrogens with one attached hydrogen (secondary N) is 1. The van der Waals surface area contributed by atoms with Crippen LogP contribution in [0.25, 0.3) is 0 Å². The summed E-state index contributed by atoms with van der Waals surface area (Å²) in [5, 5.41) is 4.34. The predicted octanol–water partition coefficient (Wildman–Crippen LogP) is 6.45. The Hall–Kier alpha value is -2.00. The highest BCUT2D eigenvalue weighted by Crippen LogP contribution is 2.19. The lowest BCUT2D eigenvalue weighted by Crippen LogP contribution is -2.25. The summed E-state index contributed by atoms with van der Waals surface area (Å²) < 4.78 is 5.91. The maximum atomic E-state index is 6.19. The Bertz CT molecular complexity index is 839. The maximum Gasteiger partial charge on any atom is 0.120 e. The molecule has 0 aliphatic carbocycles. The van der Waals surface area contributed by atoms with E-state index in [0.29, 0.717) is 12.6 Å². The third kappa shape index (κ3) is 7.20. The average molecular weight is 416 g/mol. The van der Waals surface area contributed by atoms with Gasteiger partial charge in [0.25, 0.3) is 0 Å². The first-order chi connectivity index (χ1) is 13.2. The van der Waals surface area contributed by atoms with E-state index < -0.39 is 0 Å². The van der Waals surface area contributed by atoms with Gasteiger partial charge in [0.1, 0.15) is 12.4 Å². The highest BCUT2D eigenvalue weighted by molar-refractivity contribution is 6.31. The molecule has 2 nitrogen and oxygen atoms in total. The maximum absolute atomic E-state index is 6.19. The molecule has 0 aliphatic heterocycles. The van der Waals surface area contributed by atoms with Crippen LogP contribution in [0.4, 0.5) is 0 Å². The molecule has 0 aliphatic rings. The zero-order valence-corrected chi connectivity index (χ0v) is 17.7. The van der Waals surface area contributed by atoms with Crippen molar-refractivity contribution in [1.29, 1.82) is 0 Å². The molecule has 3 aromatic carbocycles. The first kappa shape index (κ1) is 22.3. The molecule has 1 unspecified atom stereocenters. The minimum atomic E-state index is 0. The minimum Gasteiger partial charge on any atom is -0.489 e. The van der Waals surface area contributed by atoms with Gasteiger partial charge in [-0.3, -0.25) is 0 Å². The molecule has 1 N–H and O–H groups in total. The molecule has 1 atom stereocenters. The summed E-state index contributed by atoms with van der Waals surface area (Å²) in [6.07, 6.45) is 2.21. The SMILES string of the molecule is CC(CCc1ccccc1)NCc1cccc(OCc2ccccc2Cl)c1.Cl. The summed E-state index contributed by atoms with van der Waals surface area (Å²) in [5.74, 6) is 0.867. The number of hydrogen-bond acceptors (Lipinski definition) is 2. The molecule has 0 fully saturated rings. The van der Waals surface area contributed by atoms with Gasteiger partial charge in [-0.05, 0) is 49.1 Å². The summed E-state index contributed by atoms with van der Waals surface area (Å²) in [4.78, 5) is 0. The van der Waals surface area contributed by atoms with Gasteiger partial charge in [-0.25, -0.2) is 0 Å². The lowest BCUT2D eigenvalue weighted by molar-refractivity contribution is 0.306. The first-order valence-electron chi connectivity index (χ1n) is 9.43. The van der Waals surface area contributed by atoms with E-state index in [4.69, 9.17) is 16.3 Å². The molecular weight excluding hydrogens is 389 g/mol. The number of benzene rings is 3. The van der Waals surface area contributed by atoms with Gasteiger partial charge >= 0.3 is 0 Å². The van der Waals surface area contributed by atoms with Crippen LogP contribution in [0.15, 0.2) is 78.9 Å². The van der Waals surface area contributed by atoms with Crippen molar-refractivity contribution in [2.24, 2.45) is 0 Å². The van der Waals surface area contributed by atoms with E-state index >= 15 is 0 Å². The van der Waals surface area contributed by atoms with E-state index in [0.717, 1.165) is 35.7 Å². The molecule has 0 spiro atoms. The van der Waals surface area contributed by atoms with Gasteiger partial charge in [0.15, 0.2) is 0 Å². The molecule has 0 bridgehead atoms. The third-order valence-electron chi connectivity index (χ3n) is 4.61.